The molecule has 4 rings (SSSR count). The zero-order chi connectivity index (χ0) is 25.3. The average Bonchev–Trinajstić information content (AvgIpc) is 3.60. The maximum Gasteiger partial charge on any atom is 0.280 e. The molecule has 0 radical (unpaired) electrons. The van der Waals surface area contributed by atoms with Gasteiger partial charge in [0, 0.05) is 25.6 Å². The summed E-state index contributed by atoms with van der Waals surface area (Å²) in [7, 11) is -0.0979. The first-order valence-electron chi connectivity index (χ1n) is 11.8. The van der Waals surface area contributed by atoms with Crippen LogP contribution >= 0.6 is 8.46 Å². The van der Waals surface area contributed by atoms with Gasteiger partial charge in [-0.25, -0.2) is 9.97 Å². The summed E-state index contributed by atoms with van der Waals surface area (Å²) in [4.78, 5) is 42.3. The van der Waals surface area contributed by atoms with Gasteiger partial charge in [0.05, 0.1) is 42.9 Å². The van der Waals surface area contributed by atoms with Gasteiger partial charge in [-0.1, -0.05) is 12.8 Å². The number of aliphatic hydroxyl groups is 1. The second-order valence-electron chi connectivity index (χ2n) is 8.45. The van der Waals surface area contributed by atoms with Gasteiger partial charge in [-0.15, -0.1) is 0 Å². The third kappa shape index (κ3) is 6.62. The van der Waals surface area contributed by atoms with Crippen LogP contribution in [0.25, 0.3) is 17.2 Å². The first kappa shape index (κ1) is 25.7. The molecule has 14 heteroatoms. The van der Waals surface area contributed by atoms with E-state index in [2.05, 4.69) is 35.6 Å². The van der Waals surface area contributed by atoms with Crippen molar-refractivity contribution in [2.45, 2.75) is 50.5 Å². The number of hydrogen-bond acceptors (Lipinski definition) is 9. The quantitative estimate of drug-likeness (QED) is 0.128. The maximum absolute atomic E-state index is 12.4. The highest BCUT2D eigenvalue weighted by molar-refractivity contribution is 7.23. The molecule has 1 fully saturated rings. The van der Waals surface area contributed by atoms with Gasteiger partial charge in [0.15, 0.2) is 19.6 Å². The predicted octanol–water partition coefficient (Wildman–Crippen LogP) is 1.58. The van der Waals surface area contributed by atoms with Crippen LogP contribution in [0.3, 0.4) is 0 Å². The molecule has 3 aromatic rings. The van der Waals surface area contributed by atoms with Crippen LogP contribution in [-0.4, -0.2) is 72.0 Å². The third-order valence-corrected chi connectivity index (χ3v) is 6.34. The molecule has 3 atom stereocenters. The molecule has 1 saturated heterocycles. The number of hydrogen-bond donors (Lipinski definition) is 5. The number of amides is 1. The van der Waals surface area contributed by atoms with Crippen LogP contribution in [-0.2, 0) is 14.1 Å². The minimum absolute atomic E-state index is 0.0979. The van der Waals surface area contributed by atoms with Crippen molar-refractivity contribution in [1.82, 2.24) is 34.8 Å². The highest BCUT2D eigenvalue weighted by Crippen LogP contribution is 2.31. The Morgan fingerprint density at radius 2 is 2.14 bits per heavy atom. The predicted molar refractivity (Wildman–Crippen MR) is 133 cm³/mol. The van der Waals surface area contributed by atoms with Gasteiger partial charge in [-0.2, -0.15) is 4.98 Å². The second-order valence-corrected chi connectivity index (χ2v) is 9.08. The standard InChI is InChI=1S/C22H29N8O5P/c31-15-9-18(35-16(15)11-36-34)30-13-27-19-20(30)28-22(29-21(19)33)25-8-4-2-1-3-7-24-17(32)6-5-14-10-23-12-26-14/h5-6,10,12-13,15-16,18,31H,1-4,7-9,11H2,(H,23,26)(H,24,32)(H2,25,28,29,33). The smallest absolute Gasteiger partial charge is 0.280 e. The number of unbranched alkanes of at least 4 members (excludes halogenated alkanes) is 3. The van der Waals surface area contributed by atoms with Crippen molar-refractivity contribution in [3.63, 3.8) is 0 Å². The van der Waals surface area contributed by atoms with Crippen LogP contribution in [0, 0.1) is 0 Å². The Kier molecular flexibility index (Phi) is 8.93. The van der Waals surface area contributed by atoms with E-state index in [-0.39, 0.29) is 31.6 Å². The maximum atomic E-state index is 12.4. The van der Waals surface area contributed by atoms with Crippen LogP contribution < -0.4 is 16.2 Å². The number of carbonyl (C=O) groups is 1. The highest BCUT2D eigenvalue weighted by Gasteiger charge is 2.35. The van der Waals surface area contributed by atoms with Crippen LogP contribution in [0.4, 0.5) is 5.95 Å². The molecule has 1 aliphatic rings. The molecule has 13 nitrogen and oxygen atoms in total. The van der Waals surface area contributed by atoms with Gasteiger partial charge in [0.25, 0.3) is 5.56 Å². The topological polar surface area (TPSA) is 180 Å². The zero-order valence-electron chi connectivity index (χ0n) is 19.6. The summed E-state index contributed by atoms with van der Waals surface area (Å²) in [5.41, 5.74) is 0.945. The first-order chi connectivity index (χ1) is 17.5. The average molecular weight is 516 g/mol. The summed E-state index contributed by atoms with van der Waals surface area (Å²) >= 11 is 0. The van der Waals surface area contributed by atoms with E-state index in [9.17, 15) is 19.3 Å². The van der Waals surface area contributed by atoms with Crippen molar-refractivity contribution in [2.75, 3.05) is 24.6 Å². The van der Waals surface area contributed by atoms with E-state index in [1.165, 1.54) is 12.4 Å². The molecule has 0 aromatic carbocycles. The Bertz CT molecular complexity index is 1240. The molecule has 192 valence electrons. The molecule has 0 aliphatic carbocycles. The fourth-order valence-electron chi connectivity index (χ4n) is 3.95. The molecule has 0 spiro atoms. The number of nitrogens with one attached hydrogen (secondary N) is 4. The Morgan fingerprint density at radius 3 is 2.92 bits per heavy atom. The lowest BCUT2D eigenvalue weighted by atomic mass is 10.2. The van der Waals surface area contributed by atoms with Crippen LogP contribution in [0.15, 0.2) is 29.7 Å². The van der Waals surface area contributed by atoms with Gasteiger partial charge in [0.2, 0.25) is 11.9 Å². The molecule has 1 aliphatic heterocycles. The molecular formula is C22H29N8O5P. The van der Waals surface area contributed by atoms with E-state index < -0.39 is 18.4 Å². The third-order valence-electron chi connectivity index (χ3n) is 5.83. The van der Waals surface area contributed by atoms with Crippen molar-refractivity contribution in [2.24, 2.45) is 0 Å². The molecule has 0 bridgehead atoms. The Hall–Kier alpha value is -3.41. The molecule has 1 amide bonds. The van der Waals surface area contributed by atoms with Gasteiger partial charge in [0.1, 0.15) is 6.23 Å². The number of aromatic nitrogens is 6. The summed E-state index contributed by atoms with van der Waals surface area (Å²) in [6.07, 6.45) is 10.1. The number of rotatable bonds is 13. The van der Waals surface area contributed by atoms with E-state index in [1.54, 1.807) is 23.2 Å². The van der Waals surface area contributed by atoms with Crippen LogP contribution in [0.1, 0.15) is 44.0 Å². The highest BCUT2D eigenvalue weighted by atomic mass is 31.1. The van der Waals surface area contributed by atoms with Gasteiger partial charge >= 0.3 is 0 Å². The monoisotopic (exact) mass is 516 g/mol. The molecule has 3 aromatic heterocycles. The number of anilines is 1. The number of ether oxygens (including phenoxy) is 1. The Balaban J connectivity index is 1.19. The lowest BCUT2D eigenvalue weighted by Gasteiger charge is -2.13. The van der Waals surface area contributed by atoms with E-state index in [0.717, 1.165) is 31.4 Å². The molecule has 3 unspecified atom stereocenters. The summed E-state index contributed by atoms with van der Waals surface area (Å²) in [5.74, 6) is 0.188. The lowest BCUT2D eigenvalue weighted by Crippen LogP contribution is -2.22. The number of imidazole rings is 2. The number of nitrogens with zero attached hydrogens (tertiary/aromatic N) is 4. The van der Waals surface area contributed by atoms with Crippen molar-refractivity contribution >= 4 is 37.6 Å². The second kappa shape index (κ2) is 12.5. The summed E-state index contributed by atoms with van der Waals surface area (Å²) in [6, 6.07) is 0. The molecule has 0 saturated carbocycles. The fraction of sp³-hybridized carbons (Fsp3) is 0.500. The Labute approximate surface area is 208 Å². The first-order valence-corrected chi connectivity index (χ1v) is 12.8. The van der Waals surface area contributed by atoms with Gasteiger partial charge in [-0.3, -0.25) is 23.7 Å². The molecular weight excluding hydrogens is 487 g/mol. The molecule has 36 heavy (non-hydrogen) atoms. The van der Waals surface area contributed by atoms with Crippen molar-refractivity contribution < 1.29 is 19.2 Å². The number of H-pyrrole nitrogens is 2. The normalized spacial score (nSPS) is 20.0. The number of fused-ring (bicyclic) bond motifs is 1. The van der Waals surface area contributed by atoms with Crippen LogP contribution in [0.2, 0.25) is 0 Å². The molecule has 4 heterocycles. The zero-order valence-corrected chi connectivity index (χ0v) is 20.5. The number of carbonyl (C=O) groups excluding carboxylic acids is 1. The SMILES string of the molecule is O=PCC1OC(n2cnc3c(=O)[nH]c(NCCCCCCNC(=O)C=Cc4cnc[nH]4)nc32)CC1O. The van der Waals surface area contributed by atoms with Crippen molar-refractivity contribution in [1.29, 1.82) is 0 Å². The van der Waals surface area contributed by atoms with Crippen molar-refractivity contribution in [3.8, 4) is 0 Å². The largest absolute Gasteiger partial charge is 0.390 e. The van der Waals surface area contributed by atoms with E-state index in [1.807, 2.05) is 0 Å². The van der Waals surface area contributed by atoms with Gasteiger partial charge < -0.3 is 25.5 Å². The van der Waals surface area contributed by atoms with Crippen molar-refractivity contribution in [3.05, 3.63) is 41.0 Å². The van der Waals surface area contributed by atoms with Gasteiger partial charge in [-0.05, 0) is 18.9 Å². The summed E-state index contributed by atoms with van der Waals surface area (Å²) in [6.45, 7) is 1.22. The van der Waals surface area contributed by atoms with Crippen LogP contribution in [0.5, 0.6) is 0 Å². The summed E-state index contributed by atoms with van der Waals surface area (Å²) in [5, 5.41) is 16.1. The van der Waals surface area contributed by atoms with E-state index >= 15 is 0 Å². The number of aromatic amines is 2. The van der Waals surface area contributed by atoms with E-state index in [0.29, 0.717) is 31.1 Å². The minimum Gasteiger partial charge on any atom is -0.390 e. The summed E-state index contributed by atoms with van der Waals surface area (Å²) < 4.78 is 18.3. The molecule has 5 N–H and O–H groups in total. The Morgan fingerprint density at radius 1 is 1.31 bits per heavy atom. The fourth-order valence-corrected chi connectivity index (χ4v) is 4.42. The van der Waals surface area contributed by atoms with E-state index in [4.69, 9.17) is 4.74 Å². The minimum atomic E-state index is -0.750. The number of aliphatic hydroxyl groups excluding tert-OH is 1. The lowest BCUT2D eigenvalue weighted by molar-refractivity contribution is -0.116.